The average Bonchev–Trinajstić information content (AvgIpc) is 2.39. The molecule has 2 atom stereocenters. The number of fused-ring (bicyclic) bond motifs is 1. The molecule has 114 valence electrons. The monoisotopic (exact) mass is 290 g/mol. The molecule has 1 fully saturated rings. The second-order valence-corrected chi connectivity index (χ2v) is 6.80. The topological polar surface area (TPSA) is 41.1 Å². The third-order valence-electron chi connectivity index (χ3n) is 4.63. The molecule has 1 aliphatic carbocycles. The van der Waals surface area contributed by atoms with E-state index in [0.717, 1.165) is 24.1 Å². The number of rotatable bonds is 2. The van der Waals surface area contributed by atoms with Gasteiger partial charge >= 0.3 is 0 Å². The van der Waals surface area contributed by atoms with Gasteiger partial charge in [0, 0.05) is 18.2 Å². The van der Waals surface area contributed by atoms with Gasteiger partial charge in [0.25, 0.3) is 0 Å². The first kappa shape index (κ1) is 14.4. The summed E-state index contributed by atoms with van der Waals surface area (Å²) in [5.74, 6) is 1.15. The zero-order valence-electron chi connectivity index (χ0n) is 12.7. The van der Waals surface area contributed by atoms with Crippen LogP contribution in [0.3, 0.4) is 0 Å². The normalized spacial score (nSPS) is 28.7. The van der Waals surface area contributed by atoms with Crippen molar-refractivity contribution in [1.29, 1.82) is 0 Å². The Labute approximate surface area is 125 Å². The van der Waals surface area contributed by atoms with Crippen LogP contribution in [0.25, 0.3) is 0 Å². The number of anilines is 2. The summed E-state index contributed by atoms with van der Waals surface area (Å²) in [4.78, 5) is 11.5. The molecular formula is C17H23FN2O. The summed E-state index contributed by atoms with van der Waals surface area (Å²) in [6.45, 7) is 4.52. The highest BCUT2D eigenvalue weighted by atomic mass is 19.1. The van der Waals surface area contributed by atoms with E-state index in [1.165, 1.54) is 6.42 Å². The summed E-state index contributed by atoms with van der Waals surface area (Å²) in [7, 11) is 0. The van der Waals surface area contributed by atoms with Crippen molar-refractivity contribution >= 4 is 17.3 Å². The van der Waals surface area contributed by atoms with E-state index in [4.69, 9.17) is 0 Å². The Bertz CT molecular complexity index is 548. The molecule has 1 amide bonds. The lowest BCUT2D eigenvalue weighted by Gasteiger charge is -2.33. The van der Waals surface area contributed by atoms with Gasteiger partial charge in [-0.15, -0.1) is 0 Å². The van der Waals surface area contributed by atoms with Crippen molar-refractivity contribution in [2.45, 2.75) is 52.0 Å². The number of aryl methyl sites for hydroxylation is 1. The van der Waals surface area contributed by atoms with Crippen molar-refractivity contribution in [2.24, 2.45) is 11.8 Å². The Hall–Kier alpha value is -1.58. The zero-order valence-corrected chi connectivity index (χ0v) is 12.7. The van der Waals surface area contributed by atoms with Crippen molar-refractivity contribution in [3.63, 3.8) is 0 Å². The predicted octanol–water partition coefficient (Wildman–Crippen LogP) is 3.95. The molecule has 4 heteroatoms. The zero-order chi connectivity index (χ0) is 15.0. The molecule has 2 N–H and O–H groups in total. The quantitative estimate of drug-likeness (QED) is 0.866. The molecule has 0 radical (unpaired) electrons. The Morgan fingerprint density at radius 2 is 1.86 bits per heavy atom. The number of amides is 1. The Kier molecular flexibility index (Phi) is 3.87. The predicted molar refractivity (Wildman–Crippen MR) is 82.9 cm³/mol. The number of carbonyl (C=O) groups excluding carboxylic acids is 1. The van der Waals surface area contributed by atoms with E-state index in [2.05, 4.69) is 24.5 Å². The van der Waals surface area contributed by atoms with Gasteiger partial charge in [0.15, 0.2) is 0 Å². The first-order valence-electron chi connectivity index (χ1n) is 7.90. The van der Waals surface area contributed by atoms with Gasteiger partial charge in [-0.25, -0.2) is 4.39 Å². The molecular weight excluding hydrogens is 267 g/mol. The molecule has 2 aliphatic rings. The highest BCUT2D eigenvalue weighted by Gasteiger charge is 2.25. The van der Waals surface area contributed by atoms with Crippen LogP contribution in [0.1, 0.15) is 45.1 Å². The van der Waals surface area contributed by atoms with E-state index in [1.807, 2.05) is 0 Å². The van der Waals surface area contributed by atoms with Crippen molar-refractivity contribution in [2.75, 3.05) is 10.6 Å². The first-order chi connectivity index (χ1) is 10.0. The fraction of sp³-hybridized carbons (Fsp3) is 0.588. The summed E-state index contributed by atoms with van der Waals surface area (Å²) >= 11 is 0. The SMILES string of the molecule is CC1CC(C)CC(Nc2cc3c(cc2F)CCC(=O)N3)C1. The van der Waals surface area contributed by atoms with Crippen LogP contribution < -0.4 is 10.6 Å². The van der Waals surface area contributed by atoms with Crippen LogP contribution in [0.15, 0.2) is 12.1 Å². The minimum Gasteiger partial charge on any atom is -0.380 e. The van der Waals surface area contributed by atoms with Crippen LogP contribution in [0.5, 0.6) is 0 Å². The lowest BCUT2D eigenvalue weighted by atomic mass is 9.80. The average molecular weight is 290 g/mol. The minimum atomic E-state index is -0.212. The second-order valence-electron chi connectivity index (χ2n) is 6.80. The molecule has 3 rings (SSSR count). The smallest absolute Gasteiger partial charge is 0.224 e. The molecule has 0 saturated heterocycles. The maximum absolute atomic E-state index is 14.2. The summed E-state index contributed by atoms with van der Waals surface area (Å²) in [5.41, 5.74) is 2.16. The number of benzene rings is 1. The molecule has 1 aromatic rings. The Balaban J connectivity index is 1.79. The number of halogens is 1. The van der Waals surface area contributed by atoms with Gasteiger partial charge in [0.2, 0.25) is 5.91 Å². The Morgan fingerprint density at radius 1 is 1.14 bits per heavy atom. The van der Waals surface area contributed by atoms with Gasteiger partial charge in [-0.3, -0.25) is 4.79 Å². The van der Waals surface area contributed by atoms with E-state index in [0.29, 0.717) is 36.4 Å². The number of hydrogen-bond acceptors (Lipinski definition) is 2. The molecule has 0 bridgehead atoms. The van der Waals surface area contributed by atoms with Gasteiger partial charge in [-0.05, 0) is 55.2 Å². The van der Waals surface area contributed by atoms with Gasteiger partial charge in [-0.1, -0.05) is 13.8 Å². The largest absolute Gasteiger partial charge is 0.380 e. The van der Waals surface area contributed by atoms with Crippen LogP contribution in [0.4, 0.5) is 15.8 Å². The van der Waals surface area contributed by atoms with Crippen molar-refractivity contribution in [1.82, 2.24) is 0 Å². The molecule has 3 nitrogen and oxygen atoms in total. The summed E-state index contributed by atoms with van der Waals surface area (Å²) in [5, 5.41) is 6.19. The molecule has 1 aromatic carbocycles. The maximum atomic E-state index is 14.2. The first-order valence-corrected chi connectivity index (χ1v) is 7.90. The fourth-order valence-electron chi connectivity index (χ4n) is 3.79. The molecule has 2 unspecified atom stereocenters. The standard InChI is InChI=1S/C17H23FN2O/c1-10-5-11(2)7-13(6-10)19-16-9-15-12(8-14(16)18)3-4-17(21)20-15/h8-11,13,19H,3-7H2,1-2H3,(H,20,21). The van der Waals surface area contributed by atoms with Crippen molar-refractivity contribution < 1.29 is 9.18 Å². The van der Waals surface area contributed by atoms with Gasteiger partial charge in [-0.2, -0.15) is 0 Å². The van der Waals surface area contributed by atoms with E-state index in [9.17, 15) is 9.18 Å². The molecule has 1 aliphatic heterocycles. The van der Waals surface area contributed by atoms with Crippen LogP contribution in [0.2, 0.25) is 0 Å². The highest BCUT2D eigenvalue weighted by Crippen LogP contribution is 2.33. The van der Waals surface area contributed by atoms with E-state index in [1.54, 1.807) is 12.1 Å². The fourth-order valence-corrected chi connectivity index (χ4v) is 3.79. The van der Waals surface area contributed by atoms with Gasteiger partial charge in [0.05, 0.1) is 5.69 Å². The van der Waals surface area contributed by atoms with Crippen LogP contribution in [0, 0.1) is 17.7 Å². The molecule has 21 heavy (non-hydrogen) atoms. The van der Waals surface area contributed by atoms with Crippen LogP contribution in [-0.2, 0) is 11.2 Å². The Morgan fingerprint density at radius 3 is 2.57 bits per heavy atom. The molecule has 0 spiro atoms. The molecule has 1 heterocycles. The number of nitrogens with one attached hydrogen (secondary N) is 2. The third kappa shape index (κ3) is 3.20. The highest BCUT2D eigenvalue weighted by molar-refractivity contribution is 5.94. The van der Waals surface area contributed by atoms with Crippen LogP contribution >= 0.6 is 0 Å². The summed E-state index contributed by atoms with van der Waals surface area (Å²) in [6, 6.07) is 3.63. The van der Waals surface area contributed by atoms with E-state index in [-0.39, 0.29) is 11.7 Å². The lowest BCUT2D eigenvalue weighted by Crippen LogP contribution is -2.30. The lowest BCUT2D eigenvalue weighted by molar-refractivity contribution is -0.116. The minimum absolute atomic E-state index is 0.0139. The van der Waals surface area contributed by atoms with Gasteiger partial charge < -0.3 is 10.6 Å². The third-order valence-corrected chi connectivity index (χ3v) is 4.63. The van der Waals surface area contributed by atoms with E-state index >= 15 is 0 Å². The maximum Gasteiger partial charge on any atom is 0.224 e. The molecule has 0 aromatic heterocycles. The van der Waals surface area contributed by atoms with Gasteiger partial charge in [0.1, 0.15) is 5.82 Å². The van der Waals surface area contributed by atoms with Crippen LogP contribution in [-0.4, -0.2) is 11.9 Å². The number of hydrogen-bond donors (Lipinski definition) is 2. The van der Waals surface area contributed by atoms with E-state index < -0.39 is 0 Å². The molecule has 1 saturated carbocycles. The summed E-state index contributed by atoms with van der Waals surface area (Å²) < 4.78 is 14.2. The van der Waals surface area contributed by atoms with Crippen molar-refractivity contribution in [3.05, 3.63) is 23.5 Å². The second kappa shape index (κ2) is 5.66. The number of carbonyl (C=O) groups is 1. The van der Waals surface area contributed by atoms with Crippen molar-refractivity contribution in [3.8, 4) is 0 Å². The summed E-state index contributed by atoms with van der Waals surface area (Å²) in [6.07, 6.45) is 4.47.